The summed E-state index contributed by atoms with van der Waals surface area (Å²) < 4.78 is 0. The molecule has 18 heavy (non-hydrogen) atoms. The molecule has 1 aromatic rings. The minimum absolute atomic E-state index is 0.0511. The first-order valence-corrected chi connectivity index (χ1v) is 6.74. The summed E-state index contributed by atoms with van der Waals surface area (Å²) in [5.74, 6) is 1.35. The van der Waals surface area contributed by atoms with Crippen molar-refractivity contribution in [3.8, 4) is 0 Å². The molecule has 102 valence electrons. The van der Waals surface area contributed by atoms with Gasteiger partial charge in [0.25, 0.3) is 0 Å². The summed E-state index contributed by atoms with van der Waals surface area (Å²) in [6.45, 7) is 15.3. The molecule has 3 heteroatoms. The number of nitrogens with zero attached hydrogens (tertiary/aromatic N) is 2. The second kappa shape index (κ2) is 5.35. The Balaban J connectivity index is 3.47. The first-order valence-electron chi connectivity index (χ1n) is 6.74. The van der Waals surface area contributed by atoms with Gasteiger partial charge in [0.1, 0.15) is 5.82 Å². The van der Waals surface area contributed by atoms with E-state index in [1.54, 1.807) is 0 Å². The molecule has 0 saturated carbocycles. The Labute approximate surface area is 111 Å². The van der Waals surface area contributed by atoms with Crippen molar-refractivity contribution in [1.82, 2.24) is 15.3 Å². The third-order valence-electron chi connectivity index (χ3n) is 3.26. The summed E-state index contributed by atoms with van der Waals surface area (Å²) in [7, 11) is 1.94. The highest BCUT2D eigenvalue weighted by molar-refractivity contribution is 5.33. The largest absolute Gasteiger partial charge is 0.311 e. The highest BCUT2D eigenvalue weighted by atomic mass is 15.0. The van der Waals surface area contributed by atoms with Gasteiger partial charge in [-0.1, -0.05) is 34.6 Å². The van der Waals surface area contributed by atoms with E-state index in [0.29, 0.717) is 5.92 Å². The van der Waals surface area contributed by atoms with E-state index in [1.165, 1.54) is 11.3 Å². The smallest absolute Gasteiger partial charge is 0.145 e. The van der Waals surface area contributed by atoms with Crippen molar-refractivity contribution in [3.05, 3.63) is 22.8 Å². The van der Waals surface area contributed by atoms with Gasteiger partial charge in [-0.3, -0.25) is 0 Å². The number of aryl methyl sites for hydroxylation is 1. The number of aromatic nitrogens is 2. The van der Waals surface area contributed by atoms with Gasteiger partial charge in [0.05, 0.1) is 11.7 Å². The lowest BCUT2D eigenvalue weighted by Gasteiger charge is -2.26. The fourth-order valence-corrected chi connectivity index (χ4v) is 2.19. The van der Waals surface area contributed by atoms with Crippen LogP contribution < -0.4 is 5.32 Å². The Morgan fingerprint density at radius 1 is 1.06 bits per heavy atom. The molecule has 1 heterocycles. The Hall–Kier alpha value is -0.960. The van der Waals surface area contributed by atoms with Gasteiger partial charge in [-0.25, -0.2) is 9.97 Å². The third kappa shape index (κ3) is 3.08. The SMILES string of the molecule is CN[C@H](C)c1nc(C)c(C(C)C)c(C(C)(C)C)n1. The molecular formula is C15H27N3. The van der Waals surface area contributed by atoms with Crippen LogP contribution in [0, 0.1) is 6.92 Å². The minimum atomic E-state index is 0.0511. The number of rotatable bonds is 3. The van der Waals surface area contributed by atoms with Crippen LogP contribution in [0.5, 0.6) is 0 Å². The van der Waals surface area contributed by atoms with E-state index < -0.39 is 0 Å². The summed E-state index contributed by atoms with van der Waals surface area (Å²) in [5, 5.41) is 3.21. The lowest BCUT2D eigenvalue weighted by molar-refractivity contribution is 0.527. The highest BCUT2D eigenvalue weighted by Gasteiger charge is 2.25. The van der Waals surface area contributed by atoms with E-state index in [2.05, 4.69) is 58.8 Å². The van der Waals surface area contributed by atoms with Gasteiger partial charge in [0.15, 0.2) is 0 Å². The van der Waals surface area contributed by atoms with E-state index in [1.807, 2.05) is 7.05 Å². The highest BCUT2D eigenvalue weighted by Crippen LogP contribution is 2.31. The van der Waals surface area contributed by atoms with Gasteiger partial charge < -0.3 is 5.32 Å². The van der Waals surface area contributed by atoms with Crippen molar-refractivity contribution in [3.63, 3.8) is 0 Å². The second-order valence-corrected chi connectivity index (χ2v) is 6.34. The average Bonchev–Trinajstić information content (AvgIpc) is 2.25. The van der Waals surface area contributed by atoms with Crippen molar-refractivity contribution >= 4 is 0 Å². The Bertz CT molecular complexity index is 416. The van der Waals surface area contributed by atoms with Crippen LogP contribution in [0.2, 0.25) is 0 Å². The maximum Gasteiger partial charge on any atom is 0.145 e. The zero-order chi connectivity index (χ0) is 14.1. The van der Waals surface area contributed by atoms with Gasteiger partial charge in [-0.05, 0) is 32.4 Å². The molecule has 0 spiro atoms. The van der Waals surface area contributed by atoms with Crippen molar-refractivity contribution < 1.29 is 0 Å². The van der Waals surface area contributed by atoms with E-state index >= 15 is 0 Å². The first kappa shape index (κ1) is 15.1. The maximum atomic E-state index is 4.82. The molecule has 0 unspecified atom stereocenters. The molecule has 1 N–H and O–H groups in total. The summed E-state index contributed by atoms with van der Waals surface area (Å²) >= 11 is 0. The molecule has 0 fully saturated rings. The molecule has 1 atom stereocenters. The predicted molar refractivity (Wildman–Crippen MR) is 77.0 cm³/mol. The molecule has 3 nitrogen and oxygen atoms in total. The molecule has 1 aromatic heterocycles. The van der Waals surface area contributed by atoms with Gasteiger partial charge in [0.2, 0.25) is 0 Å². The normalized spacial score (nSPS) is 14.1. The molecule has 0 aromatic carbocycles. The summed E-state index contributed by atoms with van der Waals surface area (Å²) in [4.78, 5) is 9.49. The van der Waals surface area contributed by atoms with Crippen molar-refractivity contribution in [2.45, 2.75) is 65.8 Å². The van der Waals surface area contributed by atoms with Gasteiger partial charge in [-0.15, -0.1) is 0 Å². The zero-order valence-corrected chi connectivity index (χ0v) is 13.0. The number of hydrogen-bond donors (Lipinski definition) is 1. The third-order valence-corrected chi connectivity index (χ3v) is 3.26. The van der Waals surface area contributed by atoms with E-state index in [9.17, 15) is 0 Å². The van der Waals surface area contributed by atoms with Crippen LogP contribution in [0.1, 0.15) is 76.3 Å². The van der Waals surface area contributed by atoms with Crippen molar-refractivity contribution in [2.75, 3.05) is 7.05 Å². The zero-order valence-electron chi connectivity index (χ0n) is 13.0. The topological polar surface area (TPSA) is 37.8 Å². The molecule has 0 aliphatic rings. The Kier molecular flexibility index (Phi) is 4.49. The molecular weight excluding hydrogens is 222 g/mol. The van der Waals surface area contributed by atoms with Gasteiger partial charge >= 0.3 is 0 Å². The molecule has 0 saturated heterocycles. The van der Waals surface area contributed by atoms with Gasteiger partial charge in [-0.2, -0.15) is 0 Å². The molecule has 0 aliphatic heterocycles. The van der Waals surface area contributed by atoms with Crippen LogP contribution in [0.25, 0.3) is 0 Å². The van der Waals surface area contributed by atoms with E-state index in [4.69, 9.17) is 4.98 Å². The Morgan fingerprint density at radius 2 is 1.61 bits per heavy atom. The Morgan fingerprint density at radius 3 is 2.00 bits per heavy atom. The van der Waals surface area contributed by atoms with Crippen LogP contribution in [-0.4, -0.2) is 17.0 Å². The second-order valence-electron chi connectivity index (χ2n) is 6.34. The quantitative estimate of drug-likeness (QED) is 0.891. The van der Waals surface area contributed by atoms with Crippen molar-refractivity contribution in [2.24, 2.45) is 0 Å². The summed E-state index contributed by atoms with van der Waals surface area (Å²) in [6.07, 6.45) is 0. The van der Waals surface area contributed by atoms with Crippen LogP contribution in [0.15, 0.2) is 0 Å². The van der Waals surface area contributed by atoms with Crippen LogP contribution in [0.3, 0.4) is 0 Å². The van der Waals surface area contributed by atoms with Crippen molar-refractivity contribution in [1.29, 1.82) is 0 Å². The van der Waals surface area contributed by atoms with Gasteiger partial charge in [0, 0.05) is 11.1 Å². The minimum Gasteiger partial charge on any atom is -0.311 e. The fraction of sp³-hybridized carbons (Fsp3) is 0.733. The lowest BCUT2D eigenvalue weighted by atomic mass is 9.84. The summed E-state index contributed by atoms with van der Waals surface area (Å²) in [5.41, 5.74) is 3.65. The van der Waals surface area contributed by atoms with Crippen LogP contribution >= 0.6 is 0 Å². The van der Waals surface area contributed by atoms with E-state index in [-0.39, 0.29) is 11.5 Å². The molecule has 0 aliphatic carbocycles. The number of nitrogens with one attached hydrogen (secondary N) is 1. The number of hydrogen-bond acceptors (Lipinski definition) is 3. The van der Waals surface area contributed by atoms with Crippen LogP contribution in [-0.2, 0) is 5.41 Å². The predicted octanol–water partition coefficient (Wildman–Crippen LogP) is 3.49. The molecule has 0 radical (unpaired) electrons. The van der Waals surface area contributed by atoms with Crippen LogP contribution in [0.4, 0.5) is 0 Å². The summed E-state index contributed by atoms with van der Waals surface area (Å²) in [6, 6.07) is 0.186. The average molecular weight is 249 g/mol. The van der Waals surface area contributed by atoms with E-state index in [0.717, 1.165) is 11.5 Å². The maximum absolute atomic E-state index is 4.82. The lowest BCUT2D eigenvalue weighted by Crippen LogP contribution is -2.24. The first-order chi connectivity index (χ1) is 8.18. The fourth-order valence-electron chi connectivity index (χ4n) is 2.19. The molecule has 0 bridgehead atoms. The molecule has 1 rings (SSSR count). The standard InChI is InChI=1S/C15H27N3/c1-9(2)12-10(3)17-14(11(4)16-8)18-13(12)15(5,6)7/h9,11,16H,1-8H3/t11-/m1/s1. The monoisotopic (exact) mass is 249 g/mol. The molecule has 0 amide bonds.